The van der Waals surface area contributed by atoms with Gasteiger partial charge in [0, 0.05) is 6.04 Å². The lowest BCUT2D eigenvalue weighted by Crippen LogP contribution is -2.30. The molecule has 1 atom stereocenters. The molecule has 0 bridgehead atoms. The Hall–Kier alpha value is -1.55. The van der Waals surface area contributed by atoms with E-state index in [1.807, 2.05) is 37.3 Å². The van der Waals surface area contributed by atoms with E-state index in [0.29, 0.717) is 15.7 Å². The minimum absolute atomic E-state index is 0.0896. The molecule has 0 fully saturated rings. The molecule has 0 unspecified atom stereocenters. The van der Waals surface area contributed by atoms with Crippen LogP contribution in [0.3, 0.4) is 0 Å². The van der Waals surface area contributed by atoms with Crippen LogP contribution in [0, 0.1) is 0 Å². The van der Waals surface area contributed by atoms with Gasteiger partial charge in [-0.2, -0.15) is 0 Å². The van der Waals surface area contributed by atoms with Gasteiger partial charge in [0.2, 0.25) is 5.91 Å². The lowest BCUT2D eigenvalue weighted by atomic mass is 10.1. The smallest absolute Gasteiger partial charge is 0.238 e. The van der Waals surface area contributed by atoms with Crippen molar-refractivity contribution in [3.8, 4) is 0 Å². The Morgan fingerprint density at radius 1 is 1.10 bits per heavy atom. The van der Waals surface area contributed by atoms with Gasteiger partial charge < -0.3 is 10.6 Å². The van der Waals surface area contributed by atoms with E-state index in [4.69, 9.17) is 23.2 Å². The van der Waals surface area contributed by atoms with Crippen molar-refractivity contribution < 1.29 is 4.79 Å². The third-order valence-corrected chi connectivity index (χ3v) is 3.91. The summed E-state index contributed by atoms with van der Waals surface area (Å²) in [4.78, 5) is 11.9. The Morgan fingerprint density at radius 3 is 2.52 bits per heavy atom. The fourth-order valence-electron chi connectivity index (χ4n) is 1.90. The van der Waals surface area contributed by atoms with Crippen molar-refractivity contribution >= 4 is 34.8 Å². The normalized spacial score (nSPS) is 12.0. The maximum absolute atomic E-state index is 11.9. The van der Waals surface area contributed by atoms with Gasteiger partial charge in [-0.05, 0) is 24.6 Å². The molecule has 0 radical (unpaired) electrons. The molecule has 1 amide bonds. The first-order valence-electron chi connectivity index (χ1n) is 6.60. The van der Waals surface area contributed by atoms with Crippen LogP contribution in [-0.4, -0.2) is 12.5 Å². The van der Waals surface area contributed by atoms with Gasteiger partial charge in [0.1, 0.15) is 0 Å². The summed E-state index contributed by atoms with van der Waals surface area (Å²) in [5.41, 5.74) is 1.65. The molecule has 5 heteroatoms. The Labute approximate surface area is 134 Å². The molecule has 0 saturated heterocycles. The summed E-state index contributed by atoms with van der Waals surface area (Å²) in [5.74, 6) is -0.165. The molecule has 2 aromatic carbocycles. The largest absolute Gasteiger partial charge is 0.324 e. The molecule has 21 heavy (non-hydrogen) atoms. The fourth-order valence-corrected chi connectivity index (χ4v) is 2.25. The van der Waals surface area contributed by atoms with E-state index < -0.39 is 0 Å². The molecule has 0 spiro atoms. The molecule has 0 saturated carbocycles. The van der Waals surface area contributed by atoms with Gasteiger partial charge in [-0.15, -0.1) is 0 Å². The highest BCUT2D eigenvalue weighted by molar-refractivity contribution is 6.43. The summed E-state index contributed by atoms with van der Waals surface area (Å²) in [6.07, 6.45) is 0. The summed E-state index contributed by atoms with van der Waals surface area (Å²) >= 11 is 11.9. The van der Waals surface area contributed by atoms with Gasteiger partial charge in [-0.25, -0.2) is 0 Å². The number of carbonyl (C=O) groups is 1. The maximum atomic E-state index is 11.9. The average Bonchev–Trinajstić information content (AvgIpc) is 2.50. The molecule has 2 aromatic rings. The summed E-state index contributed by atoms with van der Waals surface area (Å²) in [7, 11) is 0. The number of hydrogen-bond acceptors (Lipinski definition) is 2. The van der Waals surface area contributed by atoms with Crippen LogP contribution in [-0.2, 0) is 4.79 Å². The molecule has 0 aliphatic rings. The standard InChI is InChI=1S/C16H16Cl2N2O/c1-11(12-6-3-2-4-7-12)19-10-15(21)20-14-9-5-8-13(17)16(14)18/h2-9,11,19H,10H2,1H3,(H,20,21)/t11-/m0/s1. The third-order valence-electron chi connectivity index (χ3n) is 3.09. The van der Waals surface area contributed by atoms with Crippen molar-refractivity contribution in [3.05, 3.63) is 64.1 Å². The highest BCUT2D eigenvalue weighted by atomic mass is 35.5. The molecule has 0 aliphatic carbocycles. The van der Waals surface area contributed by atoms with E-state index >= 15 is 0 Å². The number of hydrogen-bond donors (Lipinski definition) is 2. The number of nitrogens with one attached hydrogen (secondary N) is 2. The van der Waals surface area contributed by atoms with E-state index in [9.17, 15) is 4.79 Å². The van der Waals surface area contributed by atoms with Crippen LogP contribution in [0.2, 0.25) is 10.0 Å². The highest BCUT2D eigenvalue weighted by Gasteiger charge is 2.10. The molecular weight excluding hydrogens is 307 g/mol. The SMILES string of the molecule is C[C@H](NCC(=O)Nc1cccc(Cl)c1Cl)c1ccccc1. The number of amides is 1. The minimum Gasteiger partial charge on any atom is -0.324 e. The predicted octanol–water partition coefficient (Wildman–Crippen LogP) is 4.28. The minimum atomic E-state index is -0.165. The zero-order valence-corrected chi connectivity index (χ0v) is 13.1. The average molecular weight is 323 g/mol. The Bertz CT molecular complexity index is 617. The molecule has 0 aromatic heterocycles. The molecule has 3 nitrogen and oxygen atoms in total. The van der Waals surface area contributed by atoms with Crippen LogP contribution in [0.1, 0.15) is 18.5 Å². The van der Waals surface area contributed by atoms with Gasteiger partial charge >= 0.3 is 0 Å². The maximum Gasteiger partial charge on any atom is 0.238 e. The lowest BCUT2D eigenvalue weighted by molar-refractivity contribution is -0.115. The number of rotatable bonds is 5. The topological polar surface area (TPSA) is 41.1 Å². The van der Waals surface area contributed by atoms with Crippen molar-refractivity contribution in [2.24, 2.45) is 0 Å². The third kappa shape index (κ3) is 4.46. The monoisotopic (exact) mass is 322 g/mol. The number of carbonyl (C=O) groups excluding carboxylic acids is 1. The van der Waals surface area contributed by atoms with Gasteiger partial charge in [0.05, 0.1) is 22.3 Å². The van der Waals surface area contributed by atoms with Gasteiger partial charge in [-0.1, -0.05) is 59.6 Å². The van der Waals surface area contributed by atoms with E-state index in [1.54, 1.807) is 18.2 Å². The second-order valence-corrected chi connectivity index (χ2v) is 5.45. The fraction of sp³-hybridized carbons (Fsp3) is 0.188. The Balaban J connectivity index is 1.89. The van der Waals surface area contributed by atoms with E-state index in [-0.39, 0.29) is 18.5 Å². The number of halogens is 2. The summed E-state index contributed by atoms with van der Waals surface area (Å²) in [6, 6.07) is 15.2. The summed E-state index contributed by atoms with van der Waals surface area (Å²) < 4.78 is 0. The van der Waals surface area contributed by atoms with Crippen LogP contribution in [0.5, 0.6) is 0 Å². The summed E-state index contributed by atoms with van der Waals surface area (Å²) in [6.45, 7) is 2.20. The number of benzene rings is 2. The van der Waals surface area contributed by atoms with E-state index in [2.05, 4.69) is 10.6 Å². The van der Waals surface area contributed by atoms with Crippen molar-refractivity contribution in [1.82, 2.24) is 5.32 Å². The van der Waals surface area contributed by atoms with Crippen molar-refractivity contribution in [2.45, 2.75) is 13.0 Å². The van der Waals surface area contributed by atoms with Crippen LogP contribution in [0.4, 0.5) is 5.69 Å². The van der Waals surface area contributed by atoms with Crippen LogP contribution >= 0.6 is 23.2 Å². The molecule has 0 aliphatic heterocycles. The van der Waals surface area contributed by atoms with Crippen LogP contribution in [0.25, 0.3) is 0 Å². The van der Waals surface area contributed by atoms with E-state index in [0.717, 1.165) is 5.56 Å². The molecular formula is C16H16Cl2N2O. The second-order valence-electron chi connectivity index (χ2n) is 4.66. The molecule has 0 heterocycles. The quantitative estimate of drug-likeness (QED) is 0.862. The predicted molar refractivity (Wildman–Crippen MR) is 88.0 cm³/mol. The van der Waals surface area contributed by atoms with Gasteiger partial charge in [0.25, 0.3) is 0 Å². The first-order valence-corrected chi connectivity index (χ1v) is 7.35. The van der Waals surface area contributed by atoms with Gasteiger partial charge in [-0.3, -0.25) is 4.79 Å². The van der Waals surface area contributed by atoms with Crippen molar-refractivity contribution in [3.63, 3.8) is 0 Å². The highest BCUT2D eigenvalue weighted by Crippen LogP contribution is 2.29. The number of anilines is 1. The zero-order chi connectivity index (χ0) is 15.2. The molecule has 110 valence electrons. The zero-order valence-electron chi connectivity index (χ0n) is 11.6. The molecule has 2 rings (SSSR count). The van der Waals surface area contributed by atoms with Crippen molar-refractivity contribution in [1.29, 1.82) is 0 Å². The van der Waals surface area contributed by atoms with Crippen LogP contribution in [0.15, 0.2) is 48.5 Å². The first kappa shape index (κ1) is 15.8. The lowest BCUT2D eigenvalue weighted by Gasteiger charge is -2.14. The Morgan fingerprint density at radius 2 is 1.81 bits per heavy atom. The summed E-state index contributed by atoms with van der Waals surface area (Å²) in [5, 5.41) is 6.67. The van der Waals surface area contributed by atoms with Crippen LogP contribution < -0.4 is 10.6 Å². The van der Waals surface area contributed by atoms with Gasteiger partial charge in [0.15, 0.2) is 0 Å². The molecule has 2 N–H and O–H groups in total. The Kier molecular flexibility index (Phi) is 5.62. The van der Waals surface area contributed by atoms with Crippen molar-refractivity contribution in [2.75, 3.05) is 11.9 Å². The van der Waals surface area contributed by atoms with E-state index in [1.165, 1.54) is 0 Å². The first-order chi connectivity index (χ1) is 10.1. The second kappa shape index (κ2) is 7.46.